The van der Waals surface area contributed by atoms with Crippen LogP contribution < -0.4 is 5.32 Å². The molecule has 1 atom stereocenters. The molecule has 2 heterocycles. The van der Waals surface area contributed by atoms with Gasteiger partial charge < -0.3 is 10.1 Å². The van der Waals surface area contributed by atoms with Crippen LogP contribution in [0.15, 0.2) is 36.4 Å². The number of hydrogen-bond acceptors (Lipinski definition) is 3. The second-order valence-electron chi connectivity index (χ2n) is 7.61. The average molecular weight is 444 g/mol. The van der Waals surface area contributed by atoms with Crippen molar-refractivity contribution in [1.82, 2.24) is 10.2 Å². The molecule has 2 aliphatic heterocycles. The molecule has 0 bridgehead atoms. The molecule has 4 nitrogen and oxygen atoms in total. The lowest BCUT2D eigenvalue weighted by Crippen LogP contribution is -2.38. The maximum Gasteiger partial charge on any atom is 0.416 e. The molecular formula is C21H18F6N2O2. The first-order valence-electron chi connectivity index (χ1n) is 9.54. The first-order chi connectivity index (χ1) is 14.5. The van der Waals surface area contributed by atoms with Crippen LogP contribution in [0.25, 0.3) is 0 Å². The van der Waals surface area contributed by atoms with Crippen molar-refractivity contribution in [2.75, 3.05) is 19.7 Å². The molecule has 1 amide bonds. The summed E-state index contributed by atoms with van der Waals surface area (Å²) in [6.07, 6.45) is -10.2. The minimum absolute atomic E-state index is 0.0634. The van der Waals surface area contributed by atoms with Crippen molar-refractivity contribution in [3.8, 4) is 0 Å². The van der Waals surface area contributed by atoms with Gasteiger partial charge >= 0.3 is 12.4 Å². The fourth-order valence-corrected chi connectivity index (χ4v) is 3.87. The highest BCUT2D eigenvalue weighted by molar-refractivity contribution is 5.98. The Morgan fingerprint density at radius 2 is 1.68 bits per heavy atom. The number of carbonyl (C=O) groups excluding carboxylic acids is 1. The van der Waals surface area contributed by atoms with Gasteiger partial charge in [-0.1, -0.05) is 12.1 Å². The molecule has 4 rings (SSSR count). The molecule has 1 unspecified atom stereocenters. The van der Waals surface area contributed by atoms with E-state index < -0.39 is 29.6 Å². The van der Waals surface area contributed by atoms with Gasteiger partial charge in [-0.3, -0.25) is 9.69 Å². The molecule has 1 fully saturated rings. The van der Waals surface area contributed by atoms with Crippen molar-refractivity contribution in [2.24, 2.45) is 0 Å². The van der Waals surface area contributed by atoms with Crippen LogP contribution in [-0.4, -0.2) is 30.5 Å². The number of rotatable bonds is 3. The smallest absolute Gasteiger partial charge is 0.371 e. The molecule has 0 saturated carbocycles. The second kappa shape index (κ2) is 7.83. The Balaban J connectivity index is 1.54. The van der Waals surface area contributed by atoms with E-state index in [4.69, 9.17) is 4.74 Å². The number of nitrogens with zero attached hydrogens (tertiary/aromatic N) is 1. The standard InChI is InChI=1S/C21H18F6N2O2/c22-20(23,24)15-5-12(6-16(8-15)21(25,26)27)10-29-3-4-31-18(11-29)13-1-2-17-14(7-13)9-28-19(17)30/h1-2,5-8,18H,3-4,9-11H2,(H,28,30). The third kappa shape index (κ3) is 4.69. The highest BCUT2D eigenvalue weighted by atomic mass is 19.4. The number of alkyl halides is 6. The van der Waals surface area contributed by atoms with Gasteiger partial charge in [-0.15, -0.1) is 0 Å². The van der Waals surface area contributed by atoms with Crippen molar-refractivity contribution < 1.29 is 35.9 Å². The van der Waals surface area contributed by atoms with Crippen molar-refractivity contribution in [3.05, 3.63) is 69.8 Å². The van der Waals surface area contributed by atoms with E-state index in [0.29, 0.717) is 25.2 Å². The van der Waals surface area contributed by atoms with E-state index in [1.807, 2.05) is 6.07 Å². The Morgan fingerprint density at radius 1 is 1.00 bits per heavy atom. The molecule has 0 radical (unpaired) electrons. The molecule has 1 saturated heterocycles. The monoisotopic (exact) mass is 444 g/mol. The second-order valence-corrected chi connectivity index (χ2v) is 7.61. The number of halogens is 6. The van der Waals surface area contributed by atoms with Crippen molar-refractivity contribution in [1.29, 1.82) is 0 Å². The summed E-state index contributed by atoms with van der Waals surface area (Å²) in [7, 11) is 0. The van der Waals surface area contributed by atoms with Gasteiger partial charge in [0.15, 0.2) is 0 Å². The van der Waals surface area contributed by atoms with Crippen LogP contribution >= 0.6 is 0 Å². The number of nitrogens with one attached hydrogen (secondary N) is 1. The van der Waals surface area contributed by atoms with E-state index in [2.05, 4.69) is 5.32 Å². The number of carbonyl (C=O) groups is 1. The van der Waals surface area contributed by atoms with Gasteiger partial charge in [-0.05, 0) is 41.0 Å². The largest absolute Gasteiger partial charge is 0.416 e. The number of ether oxygens (including phenoxy) is 1. The third-order valence-corrected chi connectivity index (χ3v) is 5.39. The van der Waals surface area contributed by atoms with E-state index in [9.17, 15) is 31.1 Å². The number of amides is 1. The molecule has 0 aromatic heterocycles. The van der Waals surface area contributed by atoms with Crippen LogP contribution in [0, 0.1) is 0 Å². The molecule has 2 aromatic carbocycles. The first-order valence-corrected chi connectivity index (χ1v) is 9.54. The molecular weight excluding hydrogens is 426 g/mol. The van der Waals surface area contributed by atoms with Crippen molar-refractivity contribution >= 4 is 5.91 Å². The molecule has 0 aliphatic carbocycles. The topological polar surface area (TPSA) is 41.6 Å². The molecule has 1 N–H and O–H groups in total. The van der Waals surface area contributed by atoms with Gasteiger partial charge in [-0.25, -0.2) is 0 Å². The summed E-state index contributed by atoms with van der Waals surface area (Å²) in [4.78, 5) is 13.5. The summed E-state index contributed by atoms with van der Waals surface area (Å²) in [6.45, 7) is 1.29. The molecule has 2 aromatic rings. The molecule has 166 valence electrons. The molecule has 10 heteroatoms. The SMILES string of the molecule is O=C1NCc2cc(C3CN(Cc4cc(C(F)(F)F)cc(C(F)(F)F)c4)CCO3)ccc21. The number of morpholine rings is 1. The molecule has 2 aliphatic rings. The van der Waals surface area contributed by atoms with E-state index in [1.165, 1.54) is 0 Å². The van der Waals surface area contributed by atoms with Gasteiger partial charge in [-0.2, -0.15) is 26.3 Å². The van der Waals surface area contributed by atoms with Crippen LogP contribution in [0.3, 0.4) is 0 Å². The van der Waals surface area contributed by atoms with Crippen LogP contribution in [0.1, 0.15) is 44.3 Å². The maximum absolute atomic E-state index is 13.1. The van der Waals surface area contributed by atoms with Crippen LogP contribution in [0.4, 0.5) is 26.3 Å². The minimum Gasteiger partial charge on any atom is -0.371 e. The predicted octanol–water partition coefficient (Wildman–Crippen LogP) is 4.54. The number of hydrogen-bond donors (Lipinski definition) is 1. The Kier molecular flexibility index (Phi) is 5.47. The Bertz CT molecular complexity index is 970. The first kappa shape index (κ1) is 21.6. The Labute approximate surface area is 173 Å². The number of fused-ring (bicyclic) bond motifs is 1. The zero-order valence-electron chi connectivity index (χ0n) is 16.1. The maximum atomic E-state index is 13.1. The van der Waals surface area contributed by atoms with Gasteiger partial charge in [0.2, 0.25) is 0 Å². The fourth-order valence-electron chi connectivity index (χ4n) is 3.87. The van der Waals surface area contributed by atoms with Gasteiger partial charge in [0, 0.05) is 31.7 Å². The quantitative estimate of drug-likeness (QED) is 0.707. The van der Waals surface area contributed by atoms with E-state index >= 15 is 0 Å². The van der Waals surface area contributed by atoms with Crippen LogP contribution in [-0.2, 0) is 30.2 Å². The lowest BCUT2D eigenvalue weighted by molar-refractivity contribution is -0.143. The van der Waals surface area contributed by atoms with Gasteiger partial charge in [0.25, 0.3) is 5.91 Å². The summed E-state index contributed by atoms with van der Waals surface area (Å²) >= 11 is 0. The highest BCUT2D eigenvalue weighted by Gasteiger charge is 2.37. The highest BCUT2D eigenvalue weighted by Crippen LogP contribution is 2.37. The summed E-state index contributed by atoms with van der Waals surface area (Å²) in [5.74, 6) is -0.155. The average Bonchev–Trinajstić information content (AvgIpc) is 3.07. The molecule has 0 spiro atoms. The van der Waals surface area contributed by atoms with E-state index in [1.54, 1.807) is 17.0 Å². The summed E-state index contributed by atoms with van der Waals surface area (Å²) in [5.41, 5.74) is -0.488. The Morgan fingerprint density at radius 3 is 2.32 bits per heavy atom. The summed E-state index contributed by atoms with van der Waals surface area (Å²) in [6, 6.07) is 6.93. The van der Waals surface area contributed by atoms with Crippen LogP contribution in [0.5, 0.6) is 0 Å². The lowest BCUT2D eigenvalue weighted by atomic mass is 10.0. The summed E-state index contributed by atoms with van der Waals surface area (Å²) < 4.78 is 84.4. The van der Waals surface area contributed by atoms with Gasteiger partial charge in [0.05, 0.1) is 23.8 Å². The fraction of sp³-hybridized carbons (Fsp3) is 0.381. The zero-order chi connectivity index (χ0) is 22.4. The Hall–Kier alpha value is -2.59. The molecule has 31 heavy (non-hydrogen) atoms. The predicted molar refractivity (Wildman–Crippen MR) is 98.0 cm³/mol. The van der Waals surface area contributed by atoms with Crippen molar-refractivity contribution in [2.45, 2.75) is 31.5 Å². The minimum atomic E-state index is -4.88. The third-order valence-electron chi connectivity index (χ3n) is 5.39. The number of benzene rings is 2. The summed E-state index contributed by atoms with van der Waals surface area (Å²) in [5, 5.41) is 2.72. The van der Waals surface area contributed by atoms with Gasteiger partial charge in [0.1, 0.15) is 0 Å². The van der Waals surface area contributed by atoms with E-state index in [-0.39, 0.29) is 30.7 Å². The lowest BCUT2D eigenvalue weighted by Gasteiger charge is -2.33. The van der Waals surface area contributed by atoms with E-state index in [0.717, 1.165) is 23.3 Å². The van der Waals surface area contributed by atoms with Crippen LogP contribution in [0.2, 0.25) is 0 Å². The van der Waals surface area contributed by atoms with Crippen molar-refractivity contribution in [3.63, 3.8) is 0 Å². The normalized spacial score (nSPS) is 19.9. The zero-order valence-corrected chi connectivity index (χ0v) is 16.1.